The molecule has 1 amide bonds. The van der Waals surface area contributed by atoms with Crippen molar-refractivity contribution in [2.75, 3.05) is 31.0 Å². The summed E-state index contributed by atoms with van der Waals surface area (Å²) in [6.45, 7) is 5.36. The molecular weight excluding hydrogens is 420 g/mol. The number of hydrogen-bond acceptors (Lipinski definition) is 7. The lowest BCUT2D eigenvalue weighted by atomic mass is 10.1. The van der Waals surface area contributed by atoms with Crippen LogP contribution in [0.1, 0.15) is 21.8 Å². The van der Waals surface area contributed by atoms with Crippen LogP contribution in [0.15, 0.2) is 51.9 Å². The van der Waals surface area contributed by atoms with Crippen LogP contribution in [0, 0.1) is 13.8 Å². The van der Waals surface area contributed by atoms with Crippen molar-refractivity contribution < 1.29 is 22.5 Å². The number of anilines is 1. The number of carbonyl (C=O) groups excluding carboxylic acids is 1. The topological polar surface area (TPSA) is 115 Å². The number of para-hydroxylation sites is 1. The number of ether oxygens (including phenoxy) is 1. The normalized spacial score (nSPS) is 14.5. The first kappa shape index (κ1) is 21.0. The van der Waals surface area contributed by atoms with Crippen molar-refractivity contribution >= 4 is 21.6 Å². The summed E-state index contributed by atoms with van der Waals surface area (Å²) in [5.74, 6) is -0.368. The highest BCUT2D eigenvalue weighted by molar-refractivity contribution is 7.92. The zero-order valence-corrected chi connectivity index (χ0v) is 18.0. The Bertz CT molecular complexity index is 1220. The van der Waals surface area contributed by atoms with Gasteiger partial charge in [-0.25, -0.2) is 8.42 Å². The number of hydrogen-bond donors (Lipinski definition) is 1. The molecular formula is C21H22N4O5S. The molecule has 0 radical (unpaired) electrons. The molecule has 10 heteroatoms. The summed E-state index contributed by atoms with van der Waals surface area (Å²) in [6, 6.07) is 12.0. The monoisotopic (exact) mass is 442 g/mol. The SMILES string of the molecule is Cc1ccccc1NS(=O)(=O)c1cc(-c2noc(C(=O)N3CCOCC3)n2)ccc1C. The molecule has 9 nitrogen and oxygen atoms in total. The Morgan fingerprint density at radius 2 is 1.81 bits per heavy atom. The number of rotatable bonds is 5. The average Bonchev–Trinajstić information content (AvgIpc) is 3.26. The van der Waals surface area contributed by atoms with E-state index in [4.69, 9.17) is 9.26 Å². The van der Waals surface area contributed by atoms with Gasteiger partial charge in [-0.3, -0.25) is 9.52 Å². The molecule has 1 N–H and O–H groups in total. The minimum absolute atomic E-state index is 0.0964. The molecule has 1 saturated heterocycles. The van der Waals surface area contributed by atoms with Crippen LogP contribution in [0.3, 0.4) is 0 Å². The molecule has 4 rings (SSSR count). The van der Waals surface area contributed by atoms with Crippen LogP contribution in [0.5, 0.6) is 0 Å². The van der Waals surface area contributed by atoms with Crippen LogP contribution in [0.2, 0.25) is 0 Å². The number of aromatic nitrogens is 2. The van der Waals surface area contributed by atoms with Gasteiger partial charge in [-0.1, -0.05) is 35.5 Å². The molecule has 31 heavy (non-hydrogen) atoms. The molecule has 0 bridgehead atoms. The maximum atomic E-state index is 13.0. The Balaban J connectivity index is 1.62. The Kier molecular flexibility index (Phi) is 5.75. The lowest BCUT2D eigenvalue weighted by Gasteiger charge is -2.25. The number of sulfonamides is 1. The summed E-state index contributed by atoms with van der Waals surface area (Å²) in [6.07, 6.45) is 0. The second-order valence-corrected chi connectivity index (χ2v) is 8.88. The van der Waals surface area contributed by atoms with Gasteiger partial charge in [-0.05, 0) is 37.1 Å². The van der Waals surface area contributed by atoms with Crippen LogP contribution in [-0.4, -0.2) is 55.7 Å². The third-order valence-electron chi connectivity index (χ3n) is 5.03. The lowest BCUT2D eigenvalue weighted by Crippen LogP contribution is -2.40. The first-order chi connectivity index (χ1) is 14.8. The van der Waals surface area contributed by atoms with E-state index >= 15 is 0 Å². The van der Waals surface area contributed by atoms with E-state index in [1.54, 1.807) is 36.1 Å². The van der Waals surface area contributed by atoms with Gasteiger partial charge >= 0.3 is 11.8 Å². The highest BCUT2D eigenvalue weighted by Gasteiger charge is 2.25. The minimum Gasteiger partial charge on any atom is -0.378 e. The second-order valence-electron chi connectivity index (χ2n) is 7.23. The Morgan fingerprint density at radius 3 is 2.55 bits per heavy atom. The fourth-order valence-corrected chi connectivity index (χ4v) is 4.65. The van der Waals surface area contributed by atoms with E-state index in [-0.39, 0.29) is 22.5 Å². The molecule has 0 unspecified atom stereocenters. The van der Waals surface area contributed by atoms with Gasteiger partial charge in [-0.2, -0.15) is 4.98 Å². The number of morpholine rings is 1. The first-order valence-electron chi connectivity index (χ1n) is 9.75. The summed E-state index contributed by atoms with van der Waals surface area (Å²) in [4.78, 5) is 18.4. The summed E-state index contributed by atoms with van der Waals surface area (Å²) in [7, 11) is -3.85. The molecule has 162 valence electrons. The highest BCUT2D eigenvalue weighted by Crippen LogP contribution is 2.26. The standard InChI is InChI=1S/C21H22N4O5S/c1-14-5-3-4-6-17(14)24-31(27,28)18-13-16(8-7-15(18)2)19-22-20(30-23-19)21(26)25-9-11-29-12-10-25/h3-8,13,24H,9-12H2,1-2H3. The van der Waals surface area contributed by atoms with Gasteiger partial charge in [0.1, 0.15) is 0 Å². The first-order valence-corrected chi connectivity index (χ1v) is 11.2. The predicted molar refractivity (Wildman–Crippen MR) is 113 cm³/mol. The zero-order chi connectivity index (χ0) is 22.0. The van der Waals surface area contributed by atoms with Gasteiger partial charge in [0.15, 0.2) is 0 Å². The van der Waals surface area contributed by atoms with Gasteiger partial charge in [0, 0.05) is 18.7 Å². The number of aryl methyl sites for hydroxylation is 2. The molecule has 2 aromatic carbocycles. The predicted octanol–water partition coefficient (Wildman–Crippen LogP) is 2.63. The van der Waals surface area contributed by atoms with E-state index < -0.39 is 10.0 Å². The third-order valence-corrected chi connectivity index (χ3v) is 6.54. The molecule has 0 atom stereocenters. The van der Waals surface area contributed by atoms with Gasteiger partial charge in [0.25, 0.3) is 10.0 Å². The molecule has 1 fully saturated rings. The highest BCUT2D eigenvalue weighted by atomic mass is 32.2. The molecule has 0 aliphatic carbocycles. The van der Waals surface area contributed by atoms with Crippen molar-refractivity contribution in [3.05, 3.63) is 59.5 Å². The van der Waals surface area contributed by atoms with Gasteiger partial charge in [0.05, 0.1) is 23.8 Å². The van der Waals surface area contributed by atoms with Crippen molar-refractivity contribution in [3.8, 4) is 11.4 Å². The molecule has 1 aliphatic rings. The summed E-state index contributed by atoms with van der Waals surface area (Å²) in [5, 5.41) is 3.87. The summed E-state index contributed by atoms with van der Waals surface area (Å²) < 4.78 is 39.1. The van der Waals surface area contributed by atoms with Crippen LogP contribution in [0.25, 0.3) is 11.4 Å². The largest absolute Gasteiger partial charge is 0.378 e. The minimum atomic E-state index is -3.85. The number of carbonyl (C=O) groups is 1. The Labute approximate surface area is 180 Å². The lowest BCUT2D eigenvalue weighted by molar-refractivity contribution is 0.0272. The fraction of sp³-hybridized carbons (Fsp3) is 0.286. The quantitative estimate of drug-likeness (QED) is 0.646. The van der Waals surface area contributed by atoms with E-state index in [2.05, 4.69) is 14.9 Å². The Morgan fingerprint density at radius 1 is 1.06 bits per heavy atom. The number of amides is 1. The van der Waals surface area contributed by atoms with Crippen LogP contribution >= 0.6 is 0 Å². The van der Waals surface area contributed by atoms with Crippen LogP contribution < -0.4 is 4.72 Å². The van der Waals surface area contributed by atoms with Crippen molar-refractivity contribution in [2.45, 2.75) is 18.7 Å². The van der Waals surface area contributed by atoms with E-state index in [1.807, 2.05) is 19.1 Å². The third kappa shape index (κ3) is 4.44. The van der Waals surface area contributed by atoms with Crippen molar-refractivity contribution in [3.63, 3.8) is 0 Å². The summed E-state index contributed by atoms with van der Waals surface area (Å²) >= 11 is 0. The zero-order valence-electron chi connectivity index (χ0n) is 17.2. The summed E-state index contributed by atoms with van der Waals surface area (Å²) in [5.41, 5.74) is 2.31. The molecule has 1 aliphatic heterocycles. The van der Waals surface area contributed by atoms with Gasteiger partial charge in [0.2, 0.25) is 5.82 Å². The van der Waals surface area contributed by atoms with Crippen LogP contribution in [-0.2, 0) is 14.8 Å². The van der Waals surface area contributed by atoms with Gasteiger partial charge in [-0.15, -0.1) is 0 Å². The van der Waals surface area contributed by atoms with Crippen molar-refractivity contribution in [2.24, 2.45) is 0 Å². The van der Waals surface area contributed by atoms with Crippen molar-refractivity contribution in [1.82, 2.24) is 15.0 Å². The number of nitrogens with zero attached hydrogens (tertiary/aromatic N) is 3. The molecule has 1 aromatic heterocycles. The van der Waals surface area contributed by atoms with E-state index in [9.17, 15) is 13.2 Å². The maximum Gasteiger partial charge on any atom is 0.316 e. The number of benzene rings is 2. The molecule has 0 spiro atoms. The van der Waals surface area contributed by atoms with Crippen molar-refractivity contribution in [1.29, 1.82) is 0 Å². The van der Waals surface area contributed by atoms with E-state index in [1.165, 1.54) is 6.07 Å². The maximum absolute atomic E-state index is 13.0. The average molecular weight is 442 g/mol. The molecule has 3 aromatic rings. The van der Waals surface area contributed by atoms with E-state index in [0.717, 1.165) is 5.56 Å². The van der Waals surface area contributed by atoms with E-state index in [0.29, 0.717) is 43.1 Å². The Hall–Kier alpha value is -3.24. The molecule has 2 heterocycles. The molecule has 0 saturated carbocycles. The number of nitrogens with one attached hydrogen (secondary N) is 1. The van der Waals surface area contributed by atoms with Gasteiger partial charge < -0.3 is 14.2 Å². The smallest absolute Gasteiger partial charge is 0.316 e. The van der Waals surface area contributed by atoms with Crippen LogP contribution in [0.4, 0.5) is 5.69 Å². The fourth-order valence-electron chi connectivity index (χ4n) is 3.25. The second kappa shape index (κ2) is 8.48.